The third-order valence-electron chi connectivity index (χ3n) is 2.14. The van der Waals surface area contributed by atoms with Gasteiger partial charge in [-0.05, 0) is 18.2 Å². The van der Waals surface area contributed by atoms with Crippen molar-refractivity contribution < 1.29 is 0 Å². The molecule has 0 bridgehead atoms. The smallest absolute Gasteiger partial charge is 0.0922 e. The summed E-state index contributed by atoms with van der Waals surface area (Å²) in [5.41, 5.74) is 8.13. The number of rotatable bonds is 2. The Bertz CT molecular complexity index is 577. The highest BCUT2D eigenvalue weighted by Gasteiger charge is 2.03. The van der Waals surface area contributed by atoms with E-state index < -0.39 is 0 Å². The van der Waals surface area contributed by atoms with Gasteiger partial charge in [0.25, 0.3) is 0 Å². The molecule has 4 nitrogen and oxygen atoms in total. The lowest BCUT2D eigenvalue weighted by atomic mass is 10.2. The van der Waals surface area contributed by atoms with Gasteiger partial charge in [-0.3, -0.25) is 4.98 Å². The van der Waals surface area contributed by atoms with Crippen molar-refractivity contribution >= 4 is 38.8 Å². The fourth-order valence-corrected chi connectivity index (χ4v) is 1.68. The van der Waals surface area contributed by atoms with Crippen molar-refractivity contribution in [1.82, 2.24) is 9.97 Å². The maximum absolute atomic E-state index is 7.20. The molecule has 0 atom stereocenters. The van der Waals surface area contributed by atoms with Crippen molar-refractivity contribution in [2.24, 2.45) is 5.73 Å². The third-order valence-corrected chi connectivity index (χ3v) is 2.63. The molecule has 3 N–H and O–H groups in total. The van der Waals surface area contributed by atoms with Crippen molar-refractivity contribution in [1.29, 1.82) is 5.41 Å². The molecule has 5 heteroatoms. The summed E-state index contributed by atoms with van der Waals surface area (Å²) in [6.07, 6.45) is 4.12. The largest absolute Gasteiger partial charge is 0.404 e. The molecule has 0 aliphatic heterocycles. The summed E-state index contributed by atoms with van der Waals surface area (Å²) in [6.45, 7) is 0. The minimum atomic E-state index is 0.550. The Kier molecular flexibility index (Phi) is 2.96. The summed E-state index contributed by atoms with van der Waals surface area (Å²) in [6, 6.07) is 5.67. The molecule has 0 saturated heterocycles. The lowest BCUT2D eigenvalue weighted by Gasteiger charge is -2.02. The average molecular weight is 277 g/mol. The summed E-state index contributed by atoms with van der Waals surface area (Å²) in [5, 5.41) is 7.20. The number of fused-ring (bicyclic) bond motifs is 1. The van der Waals surface area contributed by atoms with E-state index in [-0.39, 0.29) is 0 Å². The van der Waals surface area contributed by atoms with Gasteiger partial charge in [-0.25, -0.2) is 4.98 Å². The zero-order valence-corrected chi connectivity index (χ0v) is 9.90. The molecule has 2 rings (SSSR count). The van der Waals surface area contributed by atoms with Crippen LogP contribution in [0.25, 0.3) is 16.6 Å². The van der Waals surface area contributed by atoms with E-state index in [0.29, 0.717) is 11.3 Å². The molecule has 2 aromatic rings. The Morgan fingerprint density at radius 1 is 1.38 bits per heavy atom. The van der Waals surface area contributed by atoms with Crippen molar-refractivity contribution in [3.05, 3.63) is 40.8 Å². The number of nitrogens with one attached hydrogen (secondary N) is 1. The quantitative estimate of drug-likeness (QED) is 0.827. The number of aromatic nitrogens is 2. The van der Waals surface area contributed by atoms with E-state index in [9.17, 15) is 0 Å². The van der Waals surface area contributed by atoms with Gasteiger partial charge in [-0.2, -0.15) is 0 Å². The van der Waals surface area contributed by atoms with E-state index in [1.165, 1.54) is 6.20 Å². The molecular formula is C11H9BrN4. The van der Waals surface area contributed by atoms with Gasteiger partial charge in [-0.15, -0.1) is 0 Å². The van der Waals surface area contributed by atoms with Crippen molar-refractivity contribution in [3.63, 3.8) is 0 Å². The molecule has 0 spiro atoms. The molecule has 0 unspecified atom stereocenters. The van der Waals surface area contributed by atoms with Gasteiger partial charge in [0.2, 0.25) is 0 Å². The van der Waals surface area contributed by atoms with Gasteiger partial charge in [0.15, 0.2) is 0 Å². The number of nitrogens with two attached hydrogens (primary N) is 1. The predicted octanol–water partition coefficient (Wildman–Crippen LogP) is 2.34. The van der Waals surface area contributed by atoms with Gasteiger partial charge >= 0.3 is 0 Å². The molecular weight excluding hydrogens is 268 g/mol. The van der Waals surface area contributed by atoms with Crippen LogP contribution in [0.5, 0.6) is 0 Å². The first-order valence-corrected chi connectivity index (χ1v) is 5.39. The van der Waals surface area contributed by atoms with Crippen LogP contribution in [-0.2, 0) is 0 Å². The first kappa shape index (κ1) is 10.8. The molecule has 16 heavy (non-hydrogen) atoms. The standard InChI is InChI=1S/C11H9BrN4/c12-8-1-2-9-10(3-8)16-11(6-15-9)7(4-13)5-14/h1-6,13H,14H2. The SMILES string of the molecule is N=CC(=CN)c1cnc2ccc(Br)cc2n1. The Hall–Kier alpha value is -1.75. The third kappa shape index (κ3) is 1.94. The van der Waals surface area contributed by atoms with E-state index in [2.05, 4.69) is 25.9 Å². The van der Waals surface area contributed by atoms with Gasteiger partial charge in [0.1, 0.15) is 0 Å². The number of allylic oxidation sites excluding steroid dienone is 1. The molecule has 1 aromatic heterocycles. The topological polar surface area (TPSA) is 75.7 Å². The van der Waals surface area contributed by atoms with Crippen LogP contribution in [0.3, 0.4) is 0 Å². The lowest BCUT2D eigenvalue weighted by molar-refractivity contribution is 1.25. The minimum absolute atomic E-state index is 0.550. The van der Waals surface area contributed by atoms with E-state index in [0.717, 1.165) is 21.7 Å². The number of hydrogen-bond acceptors (Lipinski definition) is 4. The first-order valence-electron chi connectivity index (χ1n) is 4.59. The van der Waals surface area contributed by atoms with Crippen LogP contribution in [0, 0.1) is 5.41 Å². The van der Waals surface area contributed by atoms with Crippen LogP contribution in [-0.4, -0.2) is 16.2 Å². The Morgan fingerprint density at radius 2 is 2.19 bits per heavy atom. The second kappa shape index (κ2) is 4.40. The predicted molar refractivity (Wildman–Crippen MR) is 68.2 cm³/mol. The molecule has 0 aliphatic rings. The highest BCUT2D eigenvalue weighted by Crippen LogP contribution is 2.18. The summed E-state index contributed by atoms with van der Waals surface area (Å²) in [5.74, 6) is 0. The second-order valence-corrected chi connectivity index (χ2v) is 4.07. The highest BCUT2D eigenvalue weighted by molar-refractivity contribution is 9.10. The summed E-state index contributed by atoms with van der Waals surface area (Å²) >= 11 is 3.38. The number of nitrogens with zero attached hydrogens (tertiary/aromatic N) is 2. The van der Waals surface area contributed by atoms with Gasteiger partial charge in [-0.1, -0.05) is 15.9 Å². The lowest BCUT2D eigenvalue weighted by Crippen LogP contribution is -1.96. The Labute approximate surface area is 101 Å². The van der Waals surface area contributed by atoms with Gasteiger partial charge in [0, 0.05) is 22.5 Å². The normalized spacial score (nSPS) is 11.7. The monoisotopic (exact) mass is 276 g/mol. The van der Waals surface area contributed by atoms with Gasteiger partial charge < -0.3 is 11.1 Å². The summed E-state index contributed by atoms with van der Waals surface area (Å²) < 4.78 is 0.944. The van der Waals surface area contributed by atoms with Crippen molar-refractivity contribution in [3.8, 4) is 0 Å². The van der Waals surface area contributed by atoms with Gasteiger partial charge in [0.05, 0.1) is 22.9 Å². The molecule has 0 amide bonds. The molecule has 1 aromatic carbocycles. The maximum Gasteiger partial charge on any atom is 0.0922 e. The van der Waals surface area contributed by atoms with E-state index >= 15 is 0 Å². The zero-order chi connectivity index (χ0) is 11.5. The Balaban J connectivity index is 2.63. The fourth-order valence-electron chi connectivity index (χ4n) is 1.33. The Morgan fingerprint density at radius 3 is 2.88 bits per heavy atom. The summed E-state index contributed by atoms with van der Waals surface area (Å²) in [4.78, 5) is 8.64. The maximum atomic E-state index is 7.20. The summed E-state index contributed by atoms with van der Waals surface area (Å²) in [7, 11) is 0. The van der Waals surface area contributed by atoms with E-state index in [4.69, 9.17) is 11.1 Å². The minimum Gasteiger partial charge on any atom is -0.404 e. The molecule has 0 fully saturated rings. The molecule has 0 saturated carbocycles. The molecule has 80 valence electrons. The number of halogens is 1. The average Bonchev–Trinajstić information content (AvgIpc) is 2.30. The fraction of sp³-hybridized carbons (Fsp3) is 0. The number of benzene rings is 1. The van der Waals surface area contributed by atoms with Crippen LogP contribution < -0.4 is 5.73 Å². The molecule has 0 radical (unpaired) electrons. The van der Waals surface area contributed by atoms with Crippen LogP contribution in [0.15, 0.2) is 35.1 Å². The second-order valence-electron chi connectivity index (χ2n) is 3.15. The van der Waals surface area contributed by atoms with Crippen LogP contribution in [0.2, 0.25) is 0 Å². The van der Waals surface area contributed by atoms with Crippen LogP contribution in [0.4, 0.5) is 0 Å². The molecule has 1 heterocycles. The van der Waals surface area contributed by atoms with E-state index in [1.54, 1.807) is 6.20 Å². The first-order chi connectivity index (χ1) is 7.74. The highest BCUT2D eigenvalue weighted by atomic mass is 79.9. The van der Waals surface area contributed by atoms with Crippen molar-refractivity contribution in [2.75, 3.05) is 0 Å². The zero-order valence-electron chi connectivity index (χ0n) is 8.31. The van der Waals surface area contributed by atoms with E-state index in [1.807, 2.05) is 18.2 Å². The number of hydrogen-bond donors (Lipinski definition) is 2. The van der Waals surface area contributed by atoms with Crippen LogP contribution in [0.1, 0.15) is 5.69 Å². The molecule has 0 aliphatic carbocycles. The van der Waals surface area contributed by atoms with Crippen LogP contribution >= 0.6 is 15.9 Å². The van der Waals surface area contributed by atoms with Crippen molar-refractivity contribution in [2.45, 2.75) is 0 Å².